The van der Waals surface area contributed by atoms with Crippen molar-refractivity contribution in [2.24, 2.45) is 5.92 Å². The highest BCUT2D eigenvalue weighted by atomic mass is 32.2. The molecule has 1 fully saturated rings. The fourth-order valence-electron chi connectivity index (χ4n) is 3.05. The number of hydrogen-bond donors (Lipinski definition) is 1. The summed E-state index contributed by atoms with van der Waals surface area (Å²) in [5.74, 6) is -0.134. The third-order valence-electron chi connectivity index (χ3n) is 4.57. The van der Waals surface area contributed by atoms with E-state index < -0.39 is 10.0 Å². The summed E-state index contributed by atoms with van der Waals surface area (Å²) < 4.78 is 26.9. The Labute approximate surface area is 152 Å². The van der Waals surface area contributed by atoms with Crippen molar-refractivity contribution in [1.82, 2.24) is 9.62 Å². The van der Waals surface area contributed by atoms with Crippen molar-refractivity contribution in [2.45, 2.75) is 30.0 Å². The fourth-order valence-corrected chi connectivity index (χ4v) is 5.67. The van der Waals surface area contributed by atoms with Gasteiger partial charge in [0, 0.05) is 19.0 Å². The minimum Gasteiger partial charge on any atom is -0.349 e. The monoisotopic (exact) mass is 378 g/mol. The van der Waals surface area contributed by atoms with Crippen LogP contribution in [-0.2, 0) is 14.8 Å². The first-order valence-electron chi connectivity index (χ1n) is 8.37. The summed E-state index contributed by atoms with van der Waals surface area (Å²) >= 11 is 1.23. The molecule has 0 spiro atoms. The average Bonchev–Trinajstić information content (AvgIpc) is 3.18. The Morgan fingerprint density at radius 1 is 1.16 bits per heavy atom. The van der Waals surface area contributed by atoms with Gasteiger partial charge in [0.05, 0.1) is 6.04 Å². The summed E-state index contributed by atoms with van der Waals surface area (Å²) in [4.78, 5) is 12.5. The normalized spacial score (nSPS) is 18.0. The van der Waals surface area contributed by atoms with Crippen molar-refractivity contribution in [2.75, 3.05) is 13.1 Å². The molecule has 5 nitrogen and oxygen atoms in total. The third kappa shape index (κ3) is 4.11. The van der Waals surface area contributed by atoms with Gasteiger partial charge in [-0.15, -0.1) is 11.3 Å². The van der Waals surface area contributed by atoms with Gasteiger partial charge in [0.2, 0.25) is 5.91 Å². The van der Waals surface area contributed by atoms with Crippen LogP contribution in [0.5, 0.6) is 0 Å². The number of amides is 1. The Balaban J connectivity index is 1.56. The molecule has 7 heteroatoms. The molecule has 1 aliphatic rings. The van der Waals surface area contributed by atoms with Crippen molar-refractivity contribution in [3.63, 3.8) is 0 Å². The molecule has 2 aromatic rings. The Kier molecular flexibility index (Phi) is 5.56. The predicted octanol–water partition coefficient (Wildman–Crippen LogP) is 3.03. The van der Waals surface area contributed by atoms with E-state index in [1.165, 1.54) is 15.6 Å². The Bertz CT molecular complexity index is 796. The van der Waals surface area contributed by atoms with Crippen LogP contribution in [0, 0.1) is 5.92 Å². The van der Waals surface area contributed by atoms with Gasteiger partial charge in [-0.1, -0.05) is 36.4 Å². The second-order valence-electron chi connectivity index (χ2n) is 6.25. The lowest BCUT2D eigenvalue weighted by Gasteiger charge is -2.30. The molecule has 1 aromatic carbocycles. The number of carbonyl (C=O) groups excluding carboxylic acids is 1. The number of sulfonamides is 1. The lowest BCUT2D eigenvalue weighted by Crippen LogP contribution is -2.43. The number of carbonyl (C=O) groups is 1. The van der Waals surface area contributed by atoms with Crippen LogP contribution in [0.25, 0.3) is 0 Å². The van der Waals surface area contributed by atoms with Crippen molar-refractivity contribution < 1.29 is 13.2 Å². The van der Waals surface area contributed by atoms with E-state index >= 15 is 0 Å². The van der Waals surface area contributed by atoms with Crippen LogP contribution in [0.2, 0.25) is 0 Å². The van der Waals surface area contributed by atoms with Crippen LogP contribution < -0.4 is 5.32 Å². The molecule has 0 bridgehead atoms. The number of nitrogens with one attached hydrogen (secondary N) is 1. The zero-order valence-electron chi connectivity index (χ0n) is 14.1. The molecular formula is C18H22N2O3S2. The van der Waals surface area contributed by atoms with Gasteiger partial charge in [-0.25, -0.2) is 8.42 Å². The maximum absolute atomic E-state index is 12.5. The molecule has 0 saturated carbocycles. The number of rotatable bonds is 5. The van der Waals surface area contributed by atoms with Crippen LogP contribution in [0.3, 0.4) is 0 Å². The molecule has 3 rings (SSSR count). The average molecular weight is 379 g/mol. The van der Waals surface area contributed by atoms with Gasteiger partial charge in [0.1, 0.15) is 4.21 Å². The van der Waals surface area contributed by atoms with Gasteiger partial charge in [0.15, 0.2) is 0 Å². The first kappa shape index (κ1) is 18.1. The summed E-state index contributed by atoms with van der Waals surface area (Å²) in [5, 5.41) is 4.80. The van der Waals surface area contributed by atoms with E-state index in [4.69, 9.17) is 0 Å². The molecule has 25 heavy (non-hydrogen) atoms. The summed E-state index contributed by atoms with van der Waals surface area (Å²) in [6.45, 7) is 2.74. The SMILES string of the molecule is CC(NC(=O)C1CCN(S(=O)(=O)c2cccs2)CC1)c1ccccc1. The van der Waals surface area contributed by atoms with E-state index in [1.807, 2.05) is 37.3 Å². The highest BCUT2D eigenvalue weighted by Crippen LogP contribution is 2.26. The minimum absolute atomic E-state index is 0.00419. The standard InChI is InChI=1S/C18H22N2O3S2/c1-14(15-6-3-2-4-7-15)19-18(21)16-9-11-20(12-10-16)25(22,23)17-8-5-13-24-17/h2-8,13-14,16H,9-12H2,1H3,(H,19,21). The summed E-state index contributed by atoms with van der Waals surface area (Å²) in [6, 6.07) is 13.1. The molecule has 1 aliphatic heterocycles. The van der Waals surface area contributed by atoms with Gasteiger partial charge in [-0.2, -0.15) is 4.31 Å². The predicted molar refractivity (Wildman–Crippen MR) is 98.8 cm³/mol. The zero-order chi connectivity index (χ0) is 17.9. The van der Waals surface area contributed by atoms with Crippen LogP contribution in [0.4, 0.5) is 0 Å². The topological polar surface area (TPSA) is 66.5 Å². The summed E-state index contributed by atoms with van der Waals surface area (Å²) in [6.07, 6.45) is 1.11. The molecule has 0 aliphatic carbocycles. The van der Waals surface area contributed by atoms with E-state index in [0.717, 1.165) is 5.56 Å². The smallest absolute Gasteiger partial charge is 0.252 e. The number of hydrogen-bond acceptors (Lipinski definition) is 4. The number of thiophene rings is 1. The molecule has 1 saturated heterocycles. The van der Waals surface area contributed by atoms with E-state index in [1.54, 1.807) is 17.5 Å². The highest BCUT2D eigenvalue weighted by Gasteiger charge is 2.32. The molecule has 1 aromatic heterocycles. The van der Waals surface area contributed by atoms with Crippen molar-refractivity contribution in [3.8, 4) is 0 Å². The van der Waals surface area contributed by atoms with Gasteiger partial charge in [-0.3, -0.25) is 4.79 Å². The molecule has 1 amide bonds. The Hall–Kier alpha value is -1.70. The van der Waals surface area contributed by atoms with E-state index in [0.29, 0.717) is 30.1 Å². The fraction of sp³-hybridized carbons (Fsp3) is 0.389. The maximum atomic E-state index is 12.5. The number of nitrogens with zero attached hydrogens (tertiary/aromatic N) is 1. The van der Waals surface area contributed by atoms with Gasteiger partial charge in [-0.05, 0) is 36.8 Å². The minimum atomic E-state index is -3.41. The zero-order valence-corrected chi connectivity index (χ0v) is 15.7. The Morgan fingerprint density at radius 2 is 1.84 bits per heavy atom. The summed E-state index contributed by atoms with van der Waals surface area (Å²) in [7, 11) is -3.41. The molecule has 1 N–H and O–H groups in total. The third-order valence-corrected chi connectivity index (χ3v) is 7.84. The van der Waals surface area contributed by atoms with E-state index in [-0.39, 0.29) is 17.9 Å². The summed E-state index contributed by atoms with van der Waals surface area (Å²) in [5.41, 5.74) is 1.06. The first-order valence-corrected chi connectivity index (χ1v) is 10.7. The van der Waals surface area contributed by atoms with Gasteiger partial charge < -0.3 is 5.32 Å². The molecular weight excluding hydrogens is 356 g/mol. The quantitative estimate of drug-likeness (QED) is 0.870. The highest BCUT2D eigenvalue weighted by molar-refractivity contribution is 7.91. The second-order valence-corrected chi connectivity index (χ2v) is 9.36. The molecule has 0 radical (unpaired) electrons. The lowest BCUT2D eigenvalue weighted by molar-refractivity contribution is -0.126. The van der Waals surface area contributed by atoms with Crippen molar-refractivity contribution in [1.29, 1.82) is 0 Å². The van der Waals surface area contributed by atoms with E-state index in [9.17, 15) is 13.2 Å². The maximum Gasteiger partial charge on any atom is 0.252 e. The molecule has 134 valence electrons. The number of benzene rings is 1. The largest absolute Gasteiger partial charge is 0.349 e. The van der Waals surface area contributed by atoms with Gasteiger partial charge >= 0.3 is 0 Å². The van der Waals surface area contributed by atoms with Crippen LogP contribution in [0.1, 0.15) is 31.4 Å². The van der Waals surface area contributed by atoms with Crippen molar-refractivity contribution in [3.05, 3.63) is 53.4 Å². The molecule has 1 unspecified atom stereocenters. The second kappa shape index (κ2) is 7.68. The van der Waals surface area contributed by atoms with Crippen molar-refractivity contribution >= 4 is 27.3 Å². The van der Waals surface area contributed by atoms with Gasteiger partial charge in [0.25, 0.3) is 10.0 Å². The van der Waals surface area contributed by atoms with Crippen LogP contribution in [-0.4, -0.2) is 31.7 Å². The van der Waals surface area contributed by atoms with Crippen LogP contribution >= 0.6 is 11.3 Å². The molecule has 2 heterocycles. The van der Waals surface area contributed by atoms with E-state index in [2.05, 4.69) is 5.32 Å². The lowest BCUT2D eigenvalue weighted by atomic mass is 9.96. The molecule has 1 atom stereocenters. The number of piperidine rings is 1. The first-order chi connectivity index (χ1) is 12.0. The van der Waals surface area contributed by atoms with Crippen LogP contribution in [0.15, 0.2) is 52.1 Å². The Morgan fingerprint density at radius 3 is 2.44 bits per heavy atom.